The SMILES string of the molecule is O[C@@H](CNC[C@@H](c1ccco1)N1CCCCC1)c1ccccc1. The second-order valence-electron chi connectivity index (χ2n) is 6.21. The number of piperidine rings is 1. The van der Waals surface area contributed by atoms with Crippen LogP contribution in [0.1, 0.15) is 42.7 Å². The molecule has 23 heavy (non-hydrogen) atoms. The molecular weight excluding hydrogens is 288 g/mol. The number of aliphatic hydroxyl groups excluding tert-OH is 1. The lowest BCUT2D eigenvalue weighted by atomic mass is 10.1. The monoisotopic (exact) mass is 314 g/mol. The molecule has 2 N–H and O–H groups in total. The van der Waals surface area contributed by atoms with E-state index in [0.717, 1.165) is 31.0 Å². The van der Waals surface area contributed by atoms with E-state index in [-0.39, 0.29) is 6.04 Å². The summed E-state index contributed by atoms with van der Waals surface area (Å²) in [5.74, 6) is 1.01. The Bertz CT molecular complexity index is 550. The second-order valence-corrected chi connectivity index (χ2v) is 6.21. The number of furan rings is 1. The molecule has 1 aromatic heterocycles. The summed E-state index contributed by atoms with van der Waals surface area (Å²) in [4.78, 5) is 2.49. The number of likely N-dealkylation sites (tertiary alicyclic amines) is 1. The lowest BCUT2D eigenvalue weighted by Gasteiger charge is -2.33. The molecule has 2 heterocycles. The molecule has 0 bridgehead atoms. The number of hydrogen-bond acceptors (Lipinski definition) is 4. The third-order valence-electron chi connectivity index (χ3n) is 4.56. The van der Waals surface area contributed by atoms with Crippen molar-refractivity contribution >= 4 is 0 Å². The zero-order valence-electron chi connectivity index (χ0n) is 13.5. The number of hydrogen-bond donors (Lipinski definition) is 2. The molecule has 2 atom stereocenters. The van der Waals surface area contributed by atoms with Crippen LogP contribution in [0.5, 0.6) is 0 Å². The van der Waals surface area contributed by atoms with Crippen LogP contribution in [0.4, 0.5) is 0 Å². The molecule has 0 unspecified atom stereocenters. The van der Waals surface area contributed by atoms with E-state index in [4.69, 9.17) is 4.42 Å². The summed E-state index contributed by atoms with van der Waals surface area (Å²) < 4.78 is 5.65. The largest absolute Gasteiger partial charge is 0.468 e. The van der Waals surface area contributed by atoms with Crippen LogP contribution in [0, 0.1) is 0 Å². The number of benzene rings is 1. The van der Waals surface area contributed by atoms with Gasteiger partial charge in [-0.15, -0.1) is 0 Å². The number of rotatable bonds is 7. The molecule has 0 amide bonds. The first-order chi connectivity index (χ1) is 11.3. The van der Waals surface area contributed by atoms with Gasteiger partial charge in [0.15, 0.2) is 0 Å². The van der Waals surface area contributed by atoms with Crippen LogP contribution in [0.15, 0.2) is 53.1 Å². The Labute approximate surface area is 138 Å². The van der Waals surface area contributed by atoms with E-state index >= 15 is 0 Å². The molecule has 1 aliphatic heterocycles. The first-order valence-electron chi connectivity index (χ1n) is 8.56. The highest BCUT2D eigenvalue weighted by Crippen LogP contribution is 2.24. The summed E-state index contributed by atoms with van der Waals surface area (Å²) in [5.41, 5.74) is 0.951. The summed E-state index contributed by atoms with van der Waals surface area (Å²) in [6.07, 6.45) is 5.09. The van der Waals surface area contributed by atoms with Crippen LogP contribution in [0.2, 0.25) is 0 Å². The van der Waals surface area contributed by atoms with Gasteiger partial charge in [-0.05, 0) is 43.6 Å². The fourth-order valence-corrected chi connectivity index (χ4v) is 3.27. The standard InChI is InChI=1S/C19H26N2O2/c22-18(16-8-3-1-4-9-16)15-20-14-17(19-10-7-13-23-19)21-11-5-2-6-12-21/h1,3-4,7-10,13,17-18,20,22H,2,5-6,11-12,14-15H2/t17-,18-/m0/s1. The lowest BCUT2D eigenvalue weighted by Crippen LogP contribution is -2.39. The molecule has 0 spiro atoms. The first-order valence-corrected chi connectivity index (χ1v) is 8.56. The molecule has 1 aromatic carbocycles. The van der Waals surface area contributed by atoms with Crippen LogP contribution in [0.3, 0.4) is 0 Å². The molecule has 0 saturated carbocycles. The van der Waals surface area contributed by atoms with E-state index in [1.807, 2.05) is 36.4 Å². The van der Waals surface area contributed by atoms with E-state index in [1.54, 1.807) is 6.26 Å². The van der Waals surface area contributed by atoms with Crippen LogP contribution in [0.25, 0.3) is 0 Å². The topological polar surface area (TPSA) is 48.6 Å². The maximum atomic E-state index is 10.3. The normalized spacial score (nSPS) is 18.7. The van der Waals surface area contributed by atoms with Crippen molar-refractivity contribution in [2.24, 2.45) is 0 Å². The molecule has 1 aliphatic rings. The highest BCUT2D eigenvalue weighted by molar-refractivity contribution is 5.17. The van der Waals surface area contributed by atoms with E-state index in [1.165, 1.54) is 19.3 Å². The van der Waals surface area contributed by atoms with E-state index < -0.39 is 6.10 Å². The summed E-state index contributed by atoms with van der Waals surface area (Å²) in [6.45, 7) is 3.58. The number of nitrogens with zero attached hydrogens (tertiary/aromatic N) is 1. The Kier molecular flexibility index (Phi) is 5.86. The average molecular weight is 314 g/mol. The minimum Gasteiger partial charge on any atom is -0.468 e. The Morgan fingerprint density at radius 2 is 1.78 bits per heavy atom. The zero-order chi connectivity index (χ0) is 15.9. The van der Waals surface area contributed by atoms with Gasteiger partial charge in [0, 0.05) is 13.1 Å². The van der Waals surface area contributed by atoms with Crippen molar-refractivity contribution in [2.75, 3.05) is 26.2 Å². The van der Waals surface area contributed by atoms with Gasteiger partial charge in [0.1, 0.15) is 5.76 Å². The molecule has 0 radical (unpaired) electrons. The fraction of sp³-hybridized carbons (Fsp3) is 0.474. The molecule has 4 heteroatoms. The van der Waals surface area contributed by atoms with Crippen LogP contribution in [-0.4, -0.2) is 36.2 Å². The quantitative estimate of drug-likeness (QED) is 0.824. The highest BCUT2D eigenvalue weighted by Gasteiger charge is 2.24. The van der Waals surface area contributed by atoms with Crippen LogP contribution < -0.4 is 5.32 Å². The predicted molar refractivity (Wildman–Crippen MR) is 91.1 cm³/mol. The smallest absolute Gasteiger partial charge is 0.122 e. The molecule has 124 valence electrons. The van der Waals surface area contributed by atoms with Crippen molar-refractivity contribution in [1.29, 1.82) is 0 Å². The van der Waals surface area contributed by atoms with Crippen molar-refractivity contribution in [3.8, 4) is 0 Å². The van der Waals surface area contributed by atoms with E-state index in [0.29, 0.717) is 6.54 Å². The Morgan fingerprint density at radius 1 is 1.00 bits per heavy atom. The molecule has 1 saturated heterocycles. The molecule has 3 rings (SSSR count). The first kappa shape index (κ1) is 16.2. The molecule has 2 aromatic rings. The highest BCUT2D eigenvalue weighted by atomic mass is 16.3. The third-order valence-corrected chi connectivity index (χ3v) is 4.56. The second kappa shape index (κ2) is 8.29. The van der Waals surface area contributed by atoms with Crippen molar-refractivity contribution < 1.29 is 9.52 Å². The van der Waals surface area contributed by atoms with E-state index in [2.05, 4.69) is 16.3 Å². The van der Waals surface area contributed by atoms with Gasteiger partial charge < -0.3 is 14.8 Å². The van der Waals surface area contributed by atoms with E-state index in [9.17, 15) is 5.11 Å². The van der Waals surface area contributed by atoms with Crippen molar-refractivity contribution in [1.82, 2.24) is 10.2 Å². The maximum Gasteiger partial charge on any atom is 0.122 e. The van der Waals surface area contributed by atoms with Gasteiger partial charge in [-0.3, -0.25) is 4.90 Å². The Morgan fingerprint density at radius 3 is 2.48 bits per heavy atom. The minimum absolute atomic E-state index is 0.244. The molecule has 4 nitrogen and oxygen atoms in total. The molecular formula is C19H26N2O2. The van der Waals surface area contributed by atoms with Gasteiger partial charge >= 0.3 is 0 Å². The van der Waals surface area contributed by atoms with Gasteiger partial charge in [-0.2, -0.15) is 0 Å². The van der Waals surface area contributed by atoms with Gasteiger partial charge in [0.25, 0.3) is 0 Å². The van der Waals surface area contributed by atoms with Crippen molar-refractivity contribution in [3.05, 3.63) is 60.1 Å². The molecule has 1 fully saturated rings. The summed E-state index contributed by atoms with van der Waals surface area (Å²) in [7, 11) is 0. The zero-order valence-corrected chi connectivity index (χ0v) is 13.5. The van der Waals surface area contributed by atoms with Crippen LogP contribution in [-0.2, 0) is 0 Å². The van der Waals surface area contributed by atoms with Gasteiger partial charge in [0.2, 0.25) is 0 Å². The summed E-state index contributed by atoms with van der Waals surface area (Å²) >= 11 is 0. The van der Waals surface area contributed by atoms with Gasteiger partial charge in [0.05, 0.1) is 18.4 Å². The van der Waals surface area contributed by atoms with Crippen molar-refractivity contribution in [2.45, 2.75) is 31.4 Å². The minimum atomic E-state index is -0.477. The number of aliphatic hydroxyl groups is 1. The van der Waals surface area contributed by atoms with Gasteiger partial charge in [-0.1, -0.05) is 36.8 Å². The molecule has 0 aliphatic carbocycles. The fourth-order valence-electron chi connectivity index (χ4n) is 3.27. The summed E-state index contributed by atoms with van der Waals surface area (Å²) in [6, 6.07) is 14.0. The Balaban J connectivity index is 1.56. The number of nitrogens with one attached hydrogen (secondary N) is 1. The lowest BCUT2D eigenvalue weighted by molar-refractivity contribution is 0.131. The maximum absolute atomic E-state index is 10.3. The van der Waals surface area contributed by atoms with Crippen molar-refractivity contribution in [3.63, 3.8) is 0 Å². The average Bonchev–Trinajstić information content (AvgIpc) is 3.14. The predicted octanol–water partition coefficient (Wildman–Crippen LogP) is 3.13. The Hall–Kier alpha value is -1.62. The van der Waals surface area contributed by atoms with Crippen LogP contribution >= 0.6 is 0 Å². The summed E-state index contributed by atoms with van der Waals surface area (Å²) in [5, 5.41) is 13.7. The third kappa shape index (κ3) is 4.44. The van der Waals surface area contributed by atoms with Gasteiger partial charge in [-0.25, -0.2) is 0 Å².